The van der Waals surface area contributed by atoms with Gasteiger partial charge in [-0.2, -0.15) is 0 Å². The summed E-state index contributed by atoms with van der Waals surface area (Å²) in [6.07, 6.45) is 2.49. The van der Waals surface area contributed by atoms with E-state index in [0.29, 0.717) is 6.42 Å². The molecule has 0 N–H and O–H groups in total. The molecule has 138 valence electrons. The fourth-order valence-corrected chi connectivity index (χ4v) is 4.27. The quantitative estimate of drug-likeness (QED) is 0.534. The summed E-state index contributed by atoms with van der Waals surface area (Å²) in [5, 5.41) is 0.125. The van der Waals surface area contributed by atoms with Gasteiger partial charge in [0.05, 0.1) is 13.2 Å². The van der Waals surface area contributed by atoms with Crippen LogP contribution < -0.4 is 4.74 Å². The lowest BCUT2D eigenvalue weighted by Crippen LogP contribution is -2.45. The molecule has 0 spiro atoms. The van der Waals surface area contributed by atoms with Gasteiger partial charge in [-0.25, -0.2) is 0 Å². The highest BCUT2D eigenvalue weighted by molar-refractivity contribution is 6.74. The zero-order chi connectivity index (χ0) is 19.0. The summed E-state index contributed by atoms with van der Waals surface area (Å²) in [7, 11) is -0.277. The third-order valence-electron chi connectivity index (χ3n) is 5.67. The SMILES string of the molecule is COc1ccc(C=C2C(=O)CC(C)C2O[Si](C)(C)C(C)(C)C)c(C)c1. The van der Waals surface area contributed by atoms with Gasteiger partial charge in [-0.15, -0.1) is 0 Å². The van der Waals surface area contributed by atoms with Gasteiger partial charge in [0, 0.05) is 12.0 Å². The molecular weight excluding hydrogens is 328 g/mol. The number of carbonyl (C=O) groups is 1. The number of ketones is 1. The minimum absolute atomic E-state index is 0.102. The van der Waals surface area contributed by atoms with Gasteiger partial charge < -0.3 is 9.16 Å². The maximum Gasteiger partial charge on any atom is 0.192 e. The van der Waals surface area contributed by atoms with E-state index in [2.05, 4.69) is 40.8 Å². The molecule has 0 heterocycles. The van der Waals surface area contributed by atoms with E-state index < -0.39 is 8.32 Å². The summed E-state index contributed by atoms with van der Waals surface area (Å²) in [6, 6.07) is 5.95. The van der Waals surface area contributed by atoms with Crippen molar-refractivity contribution in [2.75, 3.05) is 7.11 Å². The predicted octanol–water partition coefficient (Wildman–Crippen LogP) is 5.39. The highest BCUT2D eigenvalue weighted by Crippen LogP contribution is 2.42. The predicted molar refractivity (Wildman–Crippen MR) is 107 cm³/mol. The molecule has 0 radical (unpaired) electrons. The number of aryl methyl sites for hydroxylation is 1. The van der Waals surface area contributed by atoms with Crippen LogP contribution in [0, 0.1) is 12.8 Å². The molecule has 0 aromatic heterocycles. The second kappa shape index (κ2) is 7.08. The van der Waals surface area contributed by atoms with Gasteiger partial charge in [0.25, 0.3) is 0 Å². The molecule has 1 saturated carbocycles. The molecule has 1 fully saturated rings. The zero-order valence-corrected chi connectivity index (χ0v) is 17.9. The minimum Gasteiger partial charge on any atom is -0.497 e. The van der Waals surface area contributed by atoms with Crippen molar-refractivity contribution in [3.8, 4) is 5.75 Å². The van der Waals surface area contributed by atoms with E-state index >= 15 is 0 Å². The summed E-state index contributed by atoms with van der Waals surface area (Å²) in [6.45, 7) is 15.4. The maximum absolute atomic E-state index is 12.6. The van der Waals surface area contributed by atoms with Crippen molar-refractivity contribution in [3.63, 3.8) is 0 Å². The van der Waals surface area contributed by atoms with Gasteiger partial charge in [-0.1, -0.05) is 33.8 Å². The highest BCUT2D eigenvalue weighted by Gasteiger charge is 2.44. The van der Waals surface area contributed by atoms with Crippen LogP contribution in [-0.2, 0) is 9.22 Å². The molecule has 1 aromatic rings. The molecule has 1 aliphatic rings. The molecule has 0 bridgehead atoms. The largest absolute Gasteiger partial charge is 0.497 e. The molecule has 3 nitrogen and oxygen atoms in total. The van der Waals surface area contributed by atoms with Crippen LogP contribution in [0.2, 0.25) is 18.1 Å². The maximum atomic E-state index is 12.6. The van der Waals surface area contributed by atoms with E-state index in [1.54, 1.807) is 7.11 Å². The normalized spacial score (nSPS) is 23.4. The Balaban J connectivity index is 2.38. The number of rotatable bonds is 4. The van der Waals surface area contributed by atoms with Gasteiger partial charge in [-0.05, 0) is 60.3 Å². The van der Waals surface area contributed by atoms with Gasteiger partial charge in [0.15, 0.2) is 14.1 Å². The minimum atomic E-state index is -1.94. The van der Waals surface area contributed by atoms with E-state index in [4.69, 9.17) is 9.16 Å². The second-order valence-corrected chi connectivity index (χ2v) is 13.5. The molecule has 0 saturated heterocycles. The first-order valence-electron chi connectivity index (χ1n) is 9.03. The van der Waals surface area contributed by atoms with Crippen molar-refractivity contribution in [2.45, 2.75) is 65.3 Å². The van der Waals surface area contributed by atoms with Crippen LogP contribution in [0.3, 0.4) is 0 Å². The Labute approximate surface area is 153 Å². The molecular formula is C21H32O3Si. The molecule has 4 heteroatoms. The highest BCUT2D eigenvalue weighted by atomic mass is 28.4. The molecule has 2 atom stereocenters. The van der Waals surface area contributed by atoms with E-state index in [1.165, 1.54) is 0 Å². The summed E-state index contributed by atoms with van der Waals surface area (Å²) in [5.74, 6) is 1.28. The fraction of sp³-hybridized carbons (Fsp3) is 0.571. The topological polar surface area (TPSA) is 35.5 Å². The van der Waals surface area contributed by atoms with Gasteiger partial charge >= 0.3 is 0 Å². The van der Waals surface area contributed by atoms with Gasteiger partial charge in [0.1, 0.15) is 5.75 Å². The van der Waals surface area contributed by atoms with E-state index in [9.17, 15) is 4.79 Å². The van der Waals surface area contributed by atoms with Crippen LogP contribution in [0.4, 0.5) is 0 Å². The number of methoxy groups -OCH3 is 1. The van der Waals surface area contributed by atoms with Gasteiger partial charge in [-0.3, -0.25) is 4.79 Å². The molecule has 1 aromatic carbocycles. The summed E-state index contributed by atoms with van der Waals surface area (Å²) in [5.41, 5.74) is 2.98. The Bertz CT molecular complexity index is 683. The molecule has 25 heavy (non-hydrogen) atoms. The van der Waals surface area contributed by atoms with E-state index in [1.807, 2.05) is 31.2 Å². The Morgan fingerprint density at radius 1 is 1.24 bits per heavy atom. The van der Waals surface area contributed by atoms with Crippen molar-refractivity contribution >= 4 is 20.2 Å². The lowest BCUT2D eigenvalue weighted by molar-refractivity contribution is -0.114. The number of ether oxygens (including phenoxy) is 1. The summed E-state index contributed by atoms with van der Waals surface area (Å²) >= 11 is 0. The smallest absolute Gasteiger partial charge is 0.192 e. The fourth-order valence-electron chi connectivity index (χ4n) is 2.92. The second-order valence-electron chi connectivity index (χ2n) is 8.73. The molecule has 0 amide bonds. The Hall–Kier alpha value is -1.39. The zero-order valence-electron chi connectivity index (χ0n) is 16.9. The first kappa shape index (κ1) is 19.9. The van der Waals surface area contributed by atoms with Crippen molar-refractivity contribution in [2.24, 2.45) is 5.92 Å². The molecule has 2 rings (SSSR count). The first-order valence-corrected chi connectivity index (χ1v) is 11.9. The molecule has 1 aliphatic carbocycles. The lowest BCUT2D eigenvalue weighted by atomic mass is 10.0. The summed E-state index contributed by atoms with van der Waals surface area (Å²) < 4.78 is 11.9. The molecule has 0 aliphatic heterocycles. The average molecular weight is 361 g/mol. The van der Waals surface area contributed by atoms with Crippen molar-refractivity contribution in [1.29, 1.82) is 0 Å². The lowest BCUT2D eigenvalue weighted by Gasteiger charge is -2.39. The van der Waals surface area contributed by atoms with Crippen molar-refractivity contribution in [1.82, 2.24) is 0 Å². The van der Waals surface area contributed by atoms with Crippen LogP contribution in [0.25, 0.3) is 6.08 Å². The number of Topliss-reactive ketones (excluding diaryl/α,β-unsaturated/α-hetero) is 1. The Kier molecular flexibility index (Phi) is 5.64. The third-order valence-corrected chi connectivity index (χ3v) is 10.1. The number of carbonyl (C=O) groups excluding carboxylic acids is 1. The van der Waals surface area contributed by atoms with Gasteiger partial charge in [0.2, 0.25) is 0 Å². The van der Waals surface area contributed by atoms with Crippen LogP contribution in [-0.4, -0.2) is 27.3 Å². The Morgan fingerprint density at radius 2 is 1.88 bits per heavy atom. The third kappa shape index (κ3) is 4.24. The first-order chi connectivity index (χ1) is 11.5. The number of hydrogen-bond acceptors (Lipinski definition) is 3. The Morgan fingerprint density at radius 3 is 2.40 bits per heavy atom. The van der Waals surface area contributed by atoms with E-state index in [0.717, 1.165) is 22.4 Å². The van der Waals surface area contributed by atoms with Crippen molar-refractivity contribution in [3.05, 3.63) is 34.9 Å². The number of benzene rings is 1. The van der Waals surface area contributed by atoms with E-state index in [-0.39, 0.29) is 22.8 Å². The number of hydrogen-bond donors (Lipinski definition) is 0. The standard InChI is InChI=1S/C21H32O3Si/c1-14-11-17(23-6)10-9-16(14)13-18-19(22)12-15(2)20(18)24-25(7,8)21(3,4)5/h9-11,13,15,20H,12H2,1-8H3. The molecule has 2 unspecified atom stereocenters. The monoisotopic (exact) mass is 360 g/mol. The summed E-state index contributed by atoms with van der Waals surface area (Å²) in [4.78, 5) is 12.6. The van der Waals surface area contributed by atoms with Crippen LogP contribution in [0.5, 0.6) is 5.75 Å². The average Bonchev–Trinajstić information content (AvgIpc) is 2.74. The van der Waals surface area contributed by atoms with Crippen molar-refractivity contribution < 1.29 is 14.0 Å². The van der Waals surface area contributed by atoms with Crippen LogP contribution in [0.15, 0.2) is 23.8 Å². The van der Waals surface area contributed by atoms with Crippen LogP contribution in [0.1, 0.15) is 45.2 Å². The van der Waals surface area contributed by atoms with Crippen LogP contribution >= 0.6 is 0 Å².